The van der Waals surface area contributed by atoms with Gasteiger partial charge in [-0.25, -0.2) is 0 Å². The van der Waals surface area contributed by atoms with Gasteiger partial charge < -0.3 is 14.1 Å². The molecule has 0 N–H and O–H groups in total. The highest BCUT2D eigenvalue weighted by Gasteiger charge is 2.36. The van der Waals surface area contributed by atoms with Gasteiger partial charge in [0.2, 0.25) is 9.04 Å². The Morgan fingerprint density at radius 1 is 1.30 bits per heavy atom. The minimum Gasteiger partial charge on any atom is -0.469 e. The molecular formula is C22H36NO3Si. The van der Waals surface area contributed by atoms with E-state index in [1.165, 1.54) is 31.2 Å². The molecule has 151 valence electrons. The molecule has 1 heterocycles. The number of esters is 1. The van der Waals surface area contributed by atoms with Gasteiger partial charge in [-0.05, 0) is 49.4 Å². The highest BCUT2D eigenvalue weighted by Crippen LogP contribution is 2.36. The van der Waals surface area contributed by atoms with E-state index >= 15 is 0 Å². The average Bonchev–Trinajstić information content (AvgIpc) is 2.63. The van der Waals surface area contributed by atoms with Crippen LogP contribution >= 0.6 is 0 Å². The van der Waals surface area contributed by atoms with E-state index in [0.717, 1.165) is 19.5 Å². The van der Waals surface area contributed by atoms with E-state index < -0.39 is 9.04 Å². The number of hydrogen-bond donors (Lipinski definition) is 0. The lowest BCUT2D eigenvalue weighted by Gasteiger charge is -2.44. The van der Waals surface area contributed by atoms with Crippen molar-refractivity contribution < 1.29 is 14.0 Å². The molecule has 1 aromatic carbocycles. The number of methoxy groups -OCH3 is 1. The van der Waals surface area contributed by atoms with E-state index in [1.807, 2.05) is 0 Å². The van der Waals surface area contributed by atoms with Crippen molar-refractivity contribution in [3.63, 3.8) is 0 Å². The largest absolute Gasteiger partial charge is 0.469 e. The van der Waals surface area contributed by atoms with Gasteiger partial charge in [-0.15, -0.1) is 0 Å². The SMILES string of the molecule is COC(=O)CCc1ccccc1N1CCCC(C(O[Si](C)C)C(C)(C)C)C1. The smallest absolute Gasteiger partial charge is 0.305 e. The number of rotatable bonds is 7. The van der Waals surface area contributed by atoms with Gasteiger partial charge in [-0.3, -0.25) is 4.79 Å². The zero-order valence-electron chi connectivity index (χ0n) is 17.9. The first-order chi connectivity index (χ1) is 12.7. The summed E-state index contributed by atoms with van der Waals surface area (Å²) < 4.78 is 11.3. The highest BCUT2D eigenvalue weighted by atomic mass is 28.3. The average molecular weight is 391 g/mol. The molecule has 1 radical (unpaired) electrons. The zero-order valence-corrected chi connectivity index (χ0v) is 18.9. The Morgan fingerprint density at radius 2 is 2.00 bits per heavy atom. The Morgan fingerprint density at radius 3 is 2.63 bits per heavy atom. The molecule has 2 atom stereocenters. The molecule has 2 unspecified atom stereocenters. The fraction of sp³-hybridized carbons (Fsp3) is 0.682. The predicted octanol–water partition coefficient (Wildman–Crippen LogP) is 4.69. The Hall–Kier alpha value is -1.33. The van der Waals surface area contributed by atoms with E-state index in [9.17, 15) is 4.79 Å². The Bertz CT molecular complexity index is 612. The molecule has 0 aliphatic carbocycles. The molecule has 0 amide bonds. The second-order valence-corrected chi connectivity index (χ2v) is 10.9. The molecule has 27 heavy (non-hydrogen) atoms. The van der Waals surface area contributed by atoms with E-state index in [4.69, 9.17) is 9.16 Å². The van der Waals surface area contributed by atoms with Crippen LogP contribution in [0.4, 0.5) is 5.69 Å². The van der Waals surface area contributed by atoms with Crippen molar-refractivity contribution in [3.8, 4) is 0 Å². The van der Waals surface area contributed by atoms with E-state index in [2.05, 4.69) is 63.0 Å². The lowest BCUT2D eigenvalue weighted by Crippen LogP contribution is -2.47. The van der Waals surface area contributed by atoms with Crippen LogP contribution in [0, 0.1) is 11.3 Å². The molecular weight excluding hydrogens is 354 g/mol. The molecule has 5 heteroatoms. The lowest BCUT2D eigenvalue weighted by atomic mass is 9.78. The summed E-state index contributed by atoms with van der Waals surface area (Å²) in [5, 5.41) is 0. The van der Waals surface area contributed by atoms with Crippen LogP contribution in [0.5, 0.6) is 0 Å². The predicted molar refractivity (Wildman–Crippen MR) is 114 cm³/mol. The summed E-state index contributed by atoms with van der Waals surface area (Å²) in [4.78, 5) is 14.1. The molecule has 0 bridgehead atoms. The van der Waals surface area contributed by atoms with E-state index in [-0.39, 0.29) is 17.5 Å². The first-order valence-corrected chi connectivity index (χ1v) is 12.5. The number of ether oxygens (including phenoxy) is 1. The molecule has 4 nitrogen and oxygen atoms in total. The van der Waals surface area contributed by atoms with Crippen LogP contribution in [-0.4, -0.2) is 41.3 Å². The van der Waals surface area contributed by atoms with Gasteiger partial charge in [0.25, 0.3) is 0 Å². The van der Waals surface area contributed by atoms with Gasteiger partial charge in [-0.2, -0.15) is 0 Å². The summed E-state index contributed by atoms with van der Waals surface area (Å²) in [5.74, 6) is 0.385. The first-order valence-electron chi connectivity index (χ1n) is 10.1. The highest BCUT2D eigenvalue weighted by molar-refractivity contribution is 6.48. The molecule has 2 rings (SSSR count). The fourth-order valence-electron chi connectivity index (χ4n) is 4.08. The van der Waals surface area contributed by atoms with Gasteiger partial charge in [-0.1, -0.05) is 39.0 Å². The third-order valence-corrected chi connectivity index (χ3v) is 5.99. The molecule has 0 saturated carbocycles. The van der Waals surface area contributed by atoms with Crippen molar-refractivity contribution in [1.82, 2.24) is 0 Å². The summed E-state index contributed by atoms with van der Waals surface area (Å²) in [5.41, 5.74) is 2.63. The quantitative estimate of drug-likeness (QED) is 0.500. The third-order valence-electron chi connectivity index (χ3n) is 5.26. The maximum Gasteiger partial charge on any atom is 0.305 e. The van der Waals surface area contributed by atoms with Crippen LogP contribution in [-0.2, 0) is 20.4 Å². The van der Waals surface area contributed by atoms with E-state index in [0.29, 0.717) is 12.3 Å². The molecule has 0 spiro atoms. The Balaban J connectivity index is 2.16. The van der Waals surface area contributed by atoms with Gasteiger partial charge in [0.05, 0.1) is 13.2 Å². The second-order valence-electron chi connectivity index (χ2n) is 8.87. The van der Waals surface area contributed by atoms with Gasteiger partial charge in [0.1, 0.15) is 0 Å². The lowest BCUT2D eigenvalue weighted by molar-refractivity contribution is -0.140. The molecule has 1 aliphatic heterocycles. The molecule has 1 saturated heterocycles. The third kappa shape index (κ3) is 6.35. The van der Waals surface area contributed by atoms with Crippen molar-refractivity contribution >= 4 is 20.7 Å². The van der Waals surface area contributed by atoms with E-state index in [1.54, 1.807) is 0 Å². The second kappa shape index (κ2) is 9.74. The number of aryl methyl sites for hydroxylation is 1. The van der Waals surface area contributed by atoms with Crippen molar-refractivity contribution in [2.24, 2.45) is 11.3 Å². The summed E-state index contributed by atoms with van der Waals surface area (Å²) >= 11 is 0. The molecule has 1 aromatic rings. The van der Waals surface area contributed by atoms with Crippen molar-refractivity contribution in [3.05, 3.63) is 29.8 Å². The van der Waals surface area contributed by atoms with Crippen molar-refractivity contribution in [2.45, 2.75) is 65.7 Å². The number of carbonyl (C=O) groups excluding carboxylic acids is 1. The molecule has 0 aromatic heterocycles. The molecule has 1 aliphatic rings. The number of nitrogens with zero attached hydrogens (tertiary/aromatic N) is 1. The van der Waals surface area contributed by atoms with Crippen LogP contribution in [0.15, 0.2) is 24.3 Å². The molecule has 1 fully saturated rings. The van der Waals surface area contributed by atoms with Crippen LogP contribution < -0.4 is 4.90 Å². The number of para-hydroxylation sites is 1. The normalized spacial score (nSPS) is 19.2. The van der Waals surface area contributed by atoms with Crippen LogP contribution in [0.25, 0.3) is 0 Å². The Kier molecular flexibility index (Phi) is 7.92. The summed E-state index contributed by atoms with van der Waals surface area (Å²) in [7, 11) is 0.708. The topological polar surface area (TPSA) is 38.8 Å². The number of anilines is 1. The first kappa shape index (κ1) is 22.0. The number of hydrogen-bond acceptors (Lipinski definition) is 4. The minimum absolute atomic E-state index is 0.139. The van der Waals surface area contributed by atoms with Crippen molar-refractivity contribution in [1.29, 1.82) is 0 Å². The number of piperidine rings is 1. The standard InChI is InChI=1S/C22H36NO3Si/c1-22(2,3)21(26-27(5)6)18-11-9-15-23(16-18)19-12-8-7-10-17(19)13-14-20(24)25-4/h7-8,10,12,18,21H,9,11,13-16H2,1-6H3. The fourth-order valence-corrected chi connectivity index (χ4v) is 5.13. The monoisotopic (exact) mass is 390 g/mol. The minimum atomic E-state index is -0.744. The number of benzene rings is 1. The van der Waals surface area contributed by atoms with Gasteiger partial charge >= 0.3 is 5.97 Å². The summed E-state index contributed by atoms with van der Waals surface area (Å²) in [6.45, 7) is 13.4. The Labute approximate surface area is 167 Å². The van der Waals surface area contributed by atoms with Crippen LogP contribution in [0.2, 0.25) is 13.1 Å². The van der Waals surface area contributed by atoms with Crippen LogP contribution in [0.1, 0.15) is 45.6 Å². The summed E-state index contributed by atoms with van der Waals surface area (Å²) in [6, 6.07) is 8.48. The van der Waals surface area contributed by atoms with Gasteiger partial charge in [0.15, 0.2) is 0 Å². The number of carbonyl (C=O) groups is 1. The zero-order chi connectivity index (χ0) is 20.0. The van der Waals surface area contributed by atoms with Gasteiger partial charge in [0, 0.05) is 31.1 Å². The van der Waals surface area contributed by atoms with Crippen LogP contribution in [0.3, 0.4) is 0 Å². The summed E-state index contributed by atoms with van der Waals surface area (Å²) in [6.07, 6.45) is 3.83. The van der Waals surface area contributed by atoms with Crippen molar-refractivity contribution in [2.75, 3.05) is 25.1 Å². The maximum absolute atomic E-state index is 11.6. The maximum atomic E-state index is 11.6.